The van der Waals surface area contributed by atoms with E-state index in [1.807, 2.05) is 12.1 Å². The van der Waals surface area contributed by atoms with Crippen molar-refractivity contribution in [2.75, 3.05) is 25.6 Å². The smallest absolute Gasteiger partial charge is 0.131 e. The van der Waals surface area contributed by atoms with E-state index in [0.29, 0.717) is 24.0 Å². The van der Waals surface area contributed by atoms with Crippen molar-refractivity contribution in [1.82, 2.24) is 4.98 Å². The lowest BCUT2D eigenvalue weighted by molar-refractivity contribution is 0.170. The standard InChI is InChI=1S/C10H15ClN2O2/c1-15-7-8(5-6-14)12-10-4-2-3-9(11)13-10/h2-4,8,14H,5-7H2,1H3,(H,12,13). The Balaban J connectivity index is 2.56. The van der Waals surface area contributed by atoms with Crippen molar-refractivity contribution in [3.05, 3.63) is 23.4 Å². The van der Waals surface area contributed by atoms with Crippen LogP contribution in [0.2, 0.25) is 5.15 Å². The minimum Gasteiger partial charge on any atom is -0.396 e. The summed E-state index contributed by atoms with van der Waals surface area (Å²) in [5, 5.41) is 12.4. The molecule has 0 aliphatic heterocycles. The van der Waals surface area contributed by atoms with Crippen molar-refractivity contribution in [1.29, 1.82) is 0 Å². The first kappa shape index (κ1) is 12.2. The molecule has 0 bridgehead atoms. The van der Waals surface area contributed by atoms with E-state index in [-0.39, 0.29) is 12.6 Å². The maximum absolute atomic E-state index is 8.85. The van der Waals surface area contributed by atoms with Crippen molar-refractivity contribution in [2.24, 2.45) is 0 Å². The molecule has 1 heterocycles. The molecule has 0 aliphatic rings. The monoisotopic (exact) mass is 230 g/mol. The summed E-state index contributed by atoms with van der Waals surface area (Å²) in [5.41, 5.74) is 0. The second-order valence-electron chi connectivity index (χ2n) is 3.15. The average molecular weight is 231 g/mol. The number of pyridine rings is 1. The maximum atomic E-state index is 8.85. The molecule has 0 spiro atoms. The fourth-order valence-electron chi connectivity index (χ4n) is 1.25. The molecule has 1 unspecified atom stereocenters. The molecule has 1 aromatic rings. The zero-order valence-electron chi connectivity index (χ0n) is 8.61. The molecule has 15 heavy (non-hydrogen) atoms. The van der Waals surface area contributed by atoms with Crippen molar-refractivity contribution in [3.8, 4) is 0 Å². The van der Waals surface area contributed by atoms with E-state index in [9.17, 15) is 0 Å². The van der Waals surface area contributed by atoms with Gasteiger partial charge in [0.2, 0.25) is 0 Å². The number of rotatable bonds is 6. The zero-order valence-corrected chi connectivity index (χ0v) is 9.37. The van der Waals surface area contributed by atoms with Crippen LogP contribution in [0, 0.1) is 0 Å². The molecule has 0 aliphatic carbocycles. The largest absolute Gasteiger partial charge is 0.396 e. The van der Waals surface area contributed by atoms with Crippen molar-refractivity contribution >= 4 is 17.4 Å². The number of nitrogens with zero attached hydrogens (tertiary/aromatic N) is 1. The van der Waals surface area contributed by atoms with Gasteiger partial charge in [-0.05, 0) is 18.6 Å². The van der Waals surface area contributed by atoms with Crippen LogP contribution in [0.1, 0.15) is 6.42 Å². The Kier molecular flexibility index (Phi) is 5.39. The van der Waals surface area contributed by atoms with Gasteiger partial charge in [-0.1, -0.05) is 17.7 Å². The Hall–Kier alpha value is -0.840. The molecule has 1 aromatic heterocycles. The van der Waals surface area contributed by atoms with Crippen molar-refractivity contribution in [3.63, 3.8) is 0 Å². The first-order chi connectivity index (χ1) is 7.26. The lowest BCUT2D eigenvalue weighted by Crippen LogP contribution is -2.26. The van der Waals surface area contributed by atoms with E-state index < -0.39 is 0 Å². The van der Waals surface area contributed by atoms with E-state index >= 15 is 0 Å². The Labute approximate surface area is 94.2 Å². The fraction of sp³-hybridized carbons (Fsp3) is 0.500. The van der Waals surface area contributed by atoms with Gasteiger partial charge in [0, 0.05) is 13.7 Å². The van der Waals surface area contributed by atoms with Crippen LogP contribution in [0.5, 0.6) is 0 Å². The van der Waals surface area contributed by atoms with Crippen LogP contribution in [0.25, 0.3) is 0 Å². The van der Waals surface area contributed by atoms with Crippen LogP contribution < -0.4 is 5.32 Å². The highest BCUT2D eigenvalue weighted by Gasteiger charge is 2.08. The maximum Gasteiger partial charge on any atom is 0.131 e. The molecule has 0 aromatic carbocycles. The Morgan fingerprint density at radius 1 is 1.60 bits per heavy atom. The summed E-state index contributed by atoms with van der Waals surface area (Å²) < 4.78 is 5.02. The zero-order chi connectivity index (χ0) is 11.1. The van der Waals surface area contributed by atoms with E-state index in [2.05, 4.69) is 10.3 Å². The van der Waals surface area contributed by atoms with Gasteiger partial charge in [0.15, 0.2) is 0 Å². The molecule has 0 fully saturated rings. The number of hydrogen-bond acceptors (Lipinski definition) is 4. The fourth-order valence-corrected chi connectivity index (χ4v) is 1.42. The van der Waals surface area contributed by atoms with E-state index in [1.165, 1.54) is 0 Å². The SMILES string of the molecule is COCC(CCO)Nc1cccc(Cl)n1. The van der Waals surface area contributed by atoms with Crippen LogP contribution in [0.4, 0.5) is 5.82 Å². The molecule has 5 heteroatoms. The third-order valence-electron chi connectivity index (χ3n) is 1.91. The number of hydrogen-bond donors (Lipinski definition) is 2. The molecule has 2 N–H and O–H groups in total. The van der Waals surface area contributed by atoms with Gasteiger partial charge in [0.25, 0.3) is 0 Å². The number of ether oxygens (including phenoxy) is 1. The van der Waals surface area contributed by atoms with E-state index in [4.69, 9.17) is 21.4 Å². The molecular weight excluding hydrogens is 216 g/mol. The highest BCUT2D eigenvalue weighted by Crippen LogP contribution is 2.11. The lowest BCUT2D eigenvalue weighted by atomic mass is 10.2. The Bertz CT molecular complexity index is 291. The lowest BCUT2D eigenvalue weighted by Gasteiger charge is -2.17. The first-order valence-electron chi connectivity index (χ1n) is 4.75. The number of anilines is 1. The van der Waals surface area contributed by atoms with Crippen LogP contribution in [0.15, 0.2) is 18.2 Å². The van der Waals surface area contributed by atoms with Gasteiger partial charge < -0.3 is 15.2 Å². The predicted octanol–water partition coefficient (Wildman–Crippen LogP) is 1.54. The average Bonchev–Trinajstić information content (AvgIpc) is 2.18. The number of aliphatic hydroxyl groups is 1. The molecule has 84 valence electrons. The summed E-state index contributed by atoms with van der Waals surface area (Å²) in [5.74, 6) is 0.693. The molecular formula is C10H15ClN2O2. The molecule has 1 atom stereocenters. The normalized spacial score (nSPS) is 12.5. The van der Waals surface area contributed by atoms with Gasteiger partial charge >= 0.3 is 0 Å². The van der Waals surface area contributed by atoms with Crippen molar-refractivity contribution in [2.45, 2.75) is 12.5 Å². The van der Waals surface area contributed by atoms with Crippen LogP contribution in [-0.2, 0) is 4.74 Å². The van der Waals surface area contributed by atoms with Gasteiger partial charge in [0.05, 0.1) is 12.6 Å². The molecule has 0 radical (unpaired) electrons. The summed E-state index contributed by atoms with van der Waals surface area (Å²) in [6, 6.07) is 5.40. The summed E-state index contributed by atoms with van der Waals surface area (Å²) in [7, 11) is 1.62. The number of methoxy groups -OCH3 is 1. The highest BCUT2D eigenvalue weighted by atomic mass is 35.5. The van der Waals surface area contributed by atoms with E-state index in [0.717, 1.165) is 0 Å². The van der Waals surface area contributed by atoms with Crippen LogP contribution >= 0.6 is 11.6 Å². The minimum atomic E-state index is 0.0472. The molecule has 4 nitrogen and oxygen atoms in total. The Morgan fingerprint density at radius 3 is 3.00 bits per heavy atom. The summed E-state index contributed by atoms with van der Waals surface area (Å²) in [6.45, 7) is 0.635. The molecule has 0 saturated heterocycles. The highest BCUT2D eigenvalue weighted by molar-refractivity contribution is 6.29. The summed E-state index contributed by atoms with van der Waals surface area (Å²) >= 11 is 5.75. The van der Waals surface area contributed by atoms with Crippen molar-refractivity contribution < 1.29 is 9.84 Å². The summed E-state index contributed by atoms with van der Waals surface area (Å²) in [6.07, 6.45) is 0.613. The predicted molar refractivity (Wildman–Crippen MR) is 60.2 cm³/mol. The van der Waals surface area contributed by atoms with Gasteiger partial charge in [-0.15, -0.1) is 0 Å². The van der Waals surface area contributed by atoms with E-state index in [1.54, 1.807) is 13.2 Å². The number of aromatic nitrogens is 1. The topological polar surface area (TPSA) is 54.4 Å². The second kappa shape index (κ2) is 6.61. The first-order valence-corrected chi connectivity index (χ1v) is 5.13. The van der Waals surface area contributed by atoms with Gasteiger partial charge in [0.1, 0.15) is 11.0 Å². The minimum absolute atomic E-state index is 0.0472. The van der Waals surface area contributed by atoms with Crippen LogP contribution in [-0.4, -0.2) is 36.5 Å². The molecule has 1 rings (SSSR count). The number of nitrogens with one attached hydrogen (secondary N) is 1. The summed E-state index contributed by atoms with van der Waals surface area (Å²) in [4.78, 5) is 4.09. The van der Waals surface area contributed by atoms with Crippen LogP contribution in [0.3, 0.4) is 0 Å². The Morgan fingerprint density at radius 2 is 2.40 bits per heavy atom. The number of aliphatic hydroxyl groups excluding tert-OH is 1. The molecule has 0 amide bonds. The second-order valence-corrected chi connectivity index (χ2v) is 3.54. The van der Waals surface area contributed by atoms with Gasteiger partial charge in [-0.25, -0.2) is 4.98 Å². The third kappa shape index (κ3) is 4.46. The third-order valence-corrected chi connectivity index (χ3v) is 2.12. The quantitative estimate of drug-likeness (QED) is 0.728. The van der Waals surface area contributed by atoms with Gasteiger partial charge in [-0.2, -0.15) is 0 Å². The number of halogens is 1. The van der Waals surface area contributed by atoms with Gasteiger partial charge in [-0.3, -0.25) is 0 Å². The molecule has 0 saturated carbocycles.